The highest BCUT2D eigenvalue weighted by Gasteiger charge is 2.22. The van der Waals surface area contributed by atoms with Crippen LogP contribution in [0.15, 0.2) is 0 Å². The van der Waals surface area contributed by atoms with E-state index in [1.807, 2.05) is 11.6 Å². The number of halogens is 1. The molecule has 0 radical (unpaired) electrons. The van der Waals surface area contributed by atoms with Gasteiger partial charge in [0.2, 0.25) is 5.91 Å². The van der Waals surface area contributed by atoms with Crippen molar-refractivity contribution in [3.05, 3.63) is 16.4 Å². The SMILES string of the molecule is CCc1nn(CC)c(CNCCC(=O)NC2CC2)c1Cl. The maximum Gasteiger partial charge on any atom is 0.221 e. The van der Waals surface area contributed by atoms with Gasteiger partial charge in [0.05, 0.1) is 16.4 Å². The molecule has 1 heterocycles. The molecular formula is C14H23ClN4O. The highest BCUT2D eigenvalue weighted by molar-refractivity contribution is 6.31. The van der Waals surface area contributed by atoms with Crippen molar-refractivity contribution in [1.82, 2.24) is 20.4 Å². The fraction of sp³-hybridized carbons (Fsp3) is 0.714. The highest BCUT2D eigenvalue weighted by atomic mass is 35.5. The zero-order valence-corrected chi connectivity index (χ0v) is 13.0. The molecule has 1 aliphatic rings. The summed E-state index contributed by atoms with van der Waals surface area (Å²) in [6.45, 7) is 6.21. The first-order chi connectivity index (χ1) is 9.65. The average molecular weight is 299 g/mol. The summed E-state index contributed by atoms with van der Waals surface area (Å²) >= 11 is 6.32. The molecular weight excluding hydrogens is 276 g/mol. The number of nitrogens with one attached hydrogen (secondary N) is 2. The third-order valence-electron chi connectivity index (χ3n) is 3.46. The standard InChI is InChI=1S/C14H23ClN4O/c1-3-11-14(15)12(19(4-2)18-11)9-16-8-7-13(20)17-10-5-6-10/h10,16H,3-9H2,1-2H3,(H,17,20). The zero-order chi connectivity index (χ0) is 14.5. The summed E-state index contributed by atoms with van der Waals surface area (Å²) in [5.74, 6) is 0.129. The van der Waals surface area contributed by atoms with Crippen LogP contribution < -0.4 is 10.6 Å². The number of aromatic nitrogens is 2. The number of aryl methyl sites for hydroxylation is 2. The van der Waals surface area contributed by atoms with Crippen molar-refractivity contribution in [2.45, 2.75) is 58.7 Å². The van der Waals surface area contributed by atoms with Crippen LogP contribution in [0.2, 0.25) is 5.02 Å². The largest absolute Gasteiger partial charge is 0.353 e. The fourth-order valence-corrected chi connectivity index (χ4v) is 2.46. The molecule has 1 amide bonds. The van der Waals surface area contributed by atoms with Crippen LogP contribution in [-0.2, 0) is 24.3 Å². The summed E-state index contributed by atoms with van der Waals surface area (Å²) < 4.78 is 1.93. The molecule has 0 unspecified atom stereocenters. The second-order valence-electron chi connectivity index (χ2n) is 5.15. The van der Waals surface area contributed by atoms with Crippen molar-refractivity contribution in [3.63, 3.8) is 0 Å². The van der Waals surface area contributed by atoms with E-state index in [0.29, 0.717) is 25.6 Å². The van der Waals surface area contributed by atoms with E-state index in [9.17, 15) is 4.79 Å². The minimum atomic E-state index is 0.129. The smallest absolute Gasteiger partial charge is 0.221 e. The summed E-state index contributed by atoms with van der Waals surface area (Å²) in [4.78, 5) is 11.6. The molecule has 2 rings (SSSR count). The number of rotatable bonds is 8. The molecule has 1 saturated carbocycles. The minimum absolute atomic E-state index is 0.129. The topological polar surface area (TPSA) is 59.0 Å². The Bertz CT molecular complexity index is 468. The Morgan fingerprint density at radius 2 is 2.20 bits per heavy atom. The minimum Gasteiger partial charge on any atom is -0.353 e. The van der Waals surface area contributed by atoms with Crippen molar-refractivity contribution in [2.75, 3.05) is 6.54 Å². The second-order valence-corrected chi connectivity index (χ2v) is 5.52. The van der Waals surface area contributed by atoms with E-state index in [4.69, 9.17) is 11.6 Å². The normalized spacial score (nSPS) is 14.6. The van der Waals surface area contributed by atoms with Crippen LogP contribution in [0.5, 0.6) is 0 Å². The van der Waals surface area contributed by atoms with Gasteiger partial charge in [-0.3, -0.25) is 9.48 Å². The van der Waals surface area contributed by atoms with Crippen LogP contribution >= 0.6 is 11.6 Å². The van der Waals surface area contributed by atoms with Crippen LogP contribution in [0.3, 0.4) is 0 Å². The number of hydrogen-bond acceptors (Lipinski definition) is 3. The van der Waals surface area contributed by atoms with Gasteiger partial charge in [0.1, 0.15) is 0 Å². The lowest BCUT2D eigenvalue weighted by Gasteiger charge is -2.07. The molecule has 0 atom stereocenters. The molecule has 112 valence electrons. The van der Waals surface area contributed by atoms with Gasteiger partial charge in [0.25, 0.3) is 0 Å². The first kappa shape index (κ1) is 15.3. The Labute approximate surface area is 125 Å². The van der Waals surface area contributed by atoms with Crippen LogP contribution in [0.4, 0.5) is 0 Å². The maximum atomic E-state index is 11.6. The van der Waals surface area contributed by atoms with Crippen LogP contribution in [0.1, 0.15) is 44.5 Å². The molecule has 1 fully saturated rings. The first-order valence-corrected chi connectivity index (χ1v) is 7.77. The summed E-state index contributed by atoms with van der Waals surface area (Å²) in [6, 6.07) is 0.436. The molecule has 6 heteroatoms. The number of carbonyl (C=O) groups is 1. The molecule has 0 spiro atoms. The van der Waals surface area contributed by atoms with E-state index in [-0.39, 0.29) is 5.91 Å². The Balaban J connectivity index is 1.78. The van der Waals surface area contributed by atoms with Crippen molar-refractivity contribution < 1.29 is 4.79 Å². The third kappa shape index (κ3) is 3.96. The van der Waals surface area contributed by atoms with Crippen LogP contribution in [0, 0.1) is 0 Å². The first-order valence-electron chi connectivity index (χ1n) is 7.39. The van der Waals surface area contributed by atoms with Gasteiger partial charge in [0, 0.05) is 32.1 Å². The van der Waals surface area contributed by atoms with Crippen molar-refractivity contribution in [2.24, 2.45) is 0 Å². The van der Waals surface area contributed by atoms with Gasteiger partial charge in [-0.25, -0.2) is 0 Å². The lowest BCUT2D eigenvalue weighted by molar-refractivity contribution is -0.121. The monoisotopic (exact) mass is 298 g/mol. The Morgan fingerprint density at radius 3 is 2.80 bits per heavy atom. The molecule has 0 aromatic carbocycles. The molecule has 0 aliphatic heterocycles. The van der Waals surface area contributed by atoms with Gasteiger partial charge >= 0.3 is 0 Å². The predicted octanol–water partition coefficient (Wildman–Crippen LogP) is 1.88. The van der Waals surface area contributed by atoms with Crippen LogP contribution in [-0.4, -0.2) is 28.3 Å². The van der Waals surface area contributed by atoms with Gasteiger partial charge < -0.3 is 10.6 Å². The summed E-state index contributed by atoms with van der Waals surface area (Å²) in [5, 5.41) is 11.5. The lowest BCUT2D eigenvalue weighted by Crippen LogP contribution is -2.29. The number of carbonyl (C=O) groups excluding carboxylic acids is 1. The van der Waals surface area contributed by atoms with E-state index in [2.05, 4.69) is 22.7 Å². The Kier molecular flexibility index (Phi) is 5.43. The van der Waals surface area contributed by atoms with Gasteiger partial charge in [-0.05, 0) is 26.2 Å². The quantitative estimate of drug-likeness (QED) is 0.721. The summed E-state index contributed by atoms with van der Waals surface area (Å²) in [5.41, 5.74) is 1.95. The summed E-state index contributed by atoms with van der Waals surface area (Å²) in [6.07, 6.45) is 3.60. The zero-order valence-electron chi connectivity index (χ0n) is 12.2. The number of nitrogens with zero attached hydrogens (tertiary/aromatic N) is 2. The van der Waals surface area contributed by atoms with E-state index >= 15 is 0 Å². The predicted molar refractivity (Wildman–Crippen MR) is 79.8 cm³/mol. The third-order valence-corrected chi connectivity index (χ3v) is 3.89. The average Bonchev–Trinajstić information content (AvgIpc) is 3.19. The van der Waals surface area contributed by atoms with Crippen molar-refractivity contribution >= 4 is 17.5 Å². The summed E-state index contributed by atoms with van der Waals surface area (Å²) in [7, 11) is 0. The van der Waals surface area contributed by atoms with Crippen LogP contribution in [0.25, 0.3) is 0 Å². The van der Waals surface area contributed by atoms with Crippen molar-refractivity contribution in [3.8, 4) is 0 Å². The molecule has 0 saturated heterocycles. The maximum absolute atomic E-state index is 11.6. The lowest BCUT2D eigenvalue weighted by atomic mass is 10.3. The molecule has 1 aromatic rings. The van der Waals surface area contributed by atoms with Gasteiger partial charge in [-0.2, -0.15) is 5.10 Å². The molecule has 1 aliphatic carbocycles. The van der Waals surface area contributed by atoms with E-state index < -0.39 is 0 Å². The number of hydrogen-bond donors (Lipinski definition) is 2. The molecule has 1 aromatic heterocycles. The second kappa shape index (κ2) is 7.09. The number of amides is 1. The molecule has 0 bridgehead atoms. The van der Waals surface area contributed by atoms with E-state index in [0.717, 1.165) is 42.2 Å². The highest BCUT2D eigenvalue weighted by Crippen LogP contribution is 2.21. The van der Waals surface area contributed by atoms with Crippen molar-refractivity contribution in [1.29, 1.82) is 0 Å². The molecule has 2 N–H and O–H groups in total. The fourth-order valence-electron chi connectivity index (χ4n) is 2.12. The van der Waals surface area contributed by atoms with E-state index in [1.165, 1.54) is 0 Å². The Hall–Kier alpha value is -1.07. The molecule has 20 heavy (non-hydrogen) atoms. The Morgan fingerprint density at radius 1 is 1.45 bits per heavy atom. The van der Waals surface area contributed by atoms with Gasteiger partial charge in [-0.15, -0.1) is 0 Å². The van der Waals surface area contributed by atoms with Gasteiger partial charge in [0.15, 0.2) is 0 Å². The van der Waals surface area contributed by atoms with Gasteiger partial charge in [-0.1, -0.05) is 18.5 Å². The molecule has 5 nitrogen and oxygen atoms in total. The van der Waals surface area contributed by atoms with E-state index in [1.54, 1.807) is 0 Å².